The molecule has 0 saturated heterocycles. The van der Waals surface area contributed by atoms with Crippen LogP contribution in [0.3, 0.4) is 0 Å². The molecule has 0 spiro atoms. The van der Waals surface area contributed by atoms with Gasteiger partial charge in [0.1, 0.15) is 0 Å². The third-order valence-electron chi connectivity index (χ3n) is 3.91. The van der Waals surface area contributed by atoms with Crippen LogP contribution in [0.1, 0.15) is 5.69 Å². The lowest BCUT2D eigenvalue weighted by molar-refractivity contribution is 1.05. The predicted octanol–water partition coefficient (Wildman–Crippen LogP) is 5.09. The number of hydrogen-bond donors (Lipinski definition) is 0. The zero-order valence-electron chi connectivity index (χ0n) is 11.4. The van der Waals surface area contributed by atoms with E-state index < -0.39 is 0 Å². The fraction of sp³-hybridized carbons (Fsp3) is 0.0526. The molecule has 4 rings (SSSR count). The van der Waals surface area contributed by atoms with Crippen LogP contribution in [0.25, 0.3) is 27.4 Å². The third-order valence-corrected chi connectivity index (χ3v) is 3.91. The Morgan fingerprint density at radius 2 is 1.45 bits per heavy atom. The van der Waals surface area contributed by atoms with Crippen molar-refractivity contribution >= 4 is 21.7 Å². The Hall–Kier alpha value is -2.54. The molecule has 0 fully saturated rings. The van der Waals surface area contributed by atoms with Crippen molar-refractivity contribution in [3.05, 3.63) is 78.5 Å². The number of hydrogen-bond acceptors (Lipinski definition) is 0. The smallest absolute Gasteiger partial charge is 0.0537 e. The molecule has 0 unspecified atom stereocenters. The summed E-state index contributed by atoms with van der Waals surface area (Å²) in [5.41, 5.74) is 3.75. The molecule has 0 aliphatic heterocycles. The third kappa shape index (κ3) is 1.56. The largest absolute Gasteiger partial charge is 0.314 e. The minimum atomic E-state index is 1.22. The molecule has 0 aliphatic rings. The molecule has 0 bridgehead atoms. The van der Waals surface area contributed by atoms with Crippen LogP contribution < -0.4 is 0 Å². The van der Waals surface area contributed by atoms with Crippen LogP contribution >= 0.6 is 0 Å². The maximum Gasteiger partial charge on any atom is 0.0537 e. The maximum atomic E-state index is 2.32. The lowest BCUT2D eigenvalue weighted by Gasteiger charge is -2.08. The van der Waals surface area contributed by atoms with E-state index in [4.69, 9.17) is 0 Å². The molecule has 0 aliphatic carbocycles. The minimum Gasteiger partial charge on any atom is -0.314 e. The quantitative estimate of drug-likeness (QED) is 0.447. The number of aromatic nitrogens is 1. The zero-order chi connectivity index (χ0) is 13.5. The molecule has 20 heavy (non-hydrogen) atoms. The molecule has 96 valence electrons. The van der Waals surface area contributed by atoms with Crippen molar-refractivity contribution < 1.29 is 0 Å². The minimum absolute atomic E-state index is 1.22. The molecule has 1 nitrogen and oxygen atoms in total. The highest BCUT2D eigenvalue weighted by molar-refractivity contribution is 6.07. The first kappa shape index (κ1) is 11.3. The summed E-state index contributed by atoms with van der Waals surface area (Å²) in [4.78, 5) is 0. The van der Waals surface area contributed by atoms with E-state index in [9.17, 15) is 0 Å². The maximum absolute atomic E-state index is 2.32. The van der Waals surface area contributed by atoms with Crippen molar-refractivity contribution in [1.29, 1.82) is 0 Å². The SMILES string of the molecule is Cc1cc2c3ccccc3ccc2n1-c1ccccc1. The monoisotopic (exact) mass is 257 g/mol. The molecule has 0 radical (unpaired) electrons. The van der Waals surface area contributed by atoms with Gasteiger partial charge in [-0.15, -0.1) is 0 Å². The summed E-state index contributed by atoms with van der Waals surface area (Å²) in [6.07, 6.45) is 0. The molecule has 0 N–H and O–H groups in total. The van der Waals surface area contributed by atoms with E-state index >= 15 is 0 Å². The van der Waals surface area contributed by atoms with Gasteiger partial charge >= 0.3 is 0 Å². The summed E-state index contributed by atoms with van der Waals surface area (Å²) in [7, 11) is 0. The molecule has 1 heteroatoms. The summed E-state index contributed by atoms with van der Waals surface area (Å²) in [5, 5.41) is 3.94. The van der Waals surface area contributed by atoms with E-state index in [0.717, 1.165) is 0 Å². The van der Waals surface area contributed by atoms with Crippen LogP contribution in [0, 0.1) is 6.92 Å². The van der Waals surface area contributed by atoms with Crippen molar-refractivity contribution in [2.45, 2.75) is 6.92 Å². The molecular weight excluding hydrogens is 242 g/mol. The normalized spacial score (nSPS) is 11.2. The number of nitrogens with zero attached hydrogens (tertiary/aromatic N) is 1. The molecule has 0 saturated carbocycles. The Kier molecular flexibility index (Phi) is 2.40. The Labute approximate surface area is 118 Å². The first-order valence-corrected chi connectivity index (χ1v) is 6.90. The van der Waals surface area contributed by atoms with Crippen molar-refractivity contribution in [3.63, 3.8) is 0 Å². The van der Waals surface area contributed by atoms with Gasteiger partial charge in [0.25, 0.3) is 0 Å². The average Bonchev–Trinajstić information content (AvgIpc) is 2.84. The van der Waals surface area contributed by atoms with Crippen LogP contribution in [0.5, 0.6) is 0 Å². The lowest BCUT2D eigenvalue weighted by atomic mass is 10.1. The highest BCUT2D eigenvalue weighted by atomic mass is 15.0. The van der Waals surface area contributed by atoms with Gasteiger partial charge in [0.05, 0.1) is 5.52 Å². The van der Waals surface area contributed by atoms with E-state index in [-0.39, 0.29) is 0 Å². The lowest BCUT2D eigenvalue weighted by Crippen LogP contribution is -1.95. The van der Waals surface area contributed by atoms with E-state index in [0.29, 0.717) is 0 Å². The molecule has 1 aromatic heterocycles. The predicted molar refractivity (Wildman–Crippen MR) is 85.5 cm³/mol. The van der Waals surface area contributed by atoms with Crippen LogP contribution in [0.4, 0.5) is 0 Å². The van der Waals surface area contributed by atoms with Gasteiger partial charge in [-0.2, -0.15) is 0 Å². The highest BCUT2D eigenvalue weighted by Gasteiger charge is 2.09. The van der Waals surface area contributed by atoms with E-state index in [1.165, 1.54) is 33.1 Å². The second-order valence-corrected chi connectivity index (χ2v) is 5.18. The summed E-state index contributed by atoms with van der Waals surface area (Å²) in [6, 6.07) is 25.8. The van der Waals surface area contributed by atoms with Crippen molar-refractivity contribution in [3.8, 4) is 5.69 Å². The van der Waals surface area contributed by atoms with E-state index in [1.807, 2.05) is 0 Å². The van der Waals surface area contributed by atoms with Gasteiger partial charge in [0.2, 0.25) is 0 Å². The topological polar surface area (TPSA) is 4.93 Å². The number of fused-ring (bicyclic) bond motifs is 3. The standard InChI is InChI=1S/C19H15N/c1-14-13-18-17-10-6-5-7-15(17)11-12-19(18)20(14)16-8-3-2-4-9-16/h2-13H,1H3. The van der Waals surface area contributed by atoms with Crippen LogP contribution in [0.15, 0.2) is 72.8 Å². The first-order valence-electron chi connectivity index (χ1n) is 6.90. The number of para-hydroxylation sites is 1. The van der Waals surface area contributed by atoms with Gasteiger partial charge in [-0.3, -0.25) is 0 Å². The molecule has 0 amide bonds. The van der Waals surface area contributed by atoms with Crippen molar-refractivity contribution in [1.82, 2.24) is 4.57 Å². The van der Waals surface area contributed by atoms with Gasteiger partial charge in [-0.25, -0.2) is 0 Å². The van der Waals surface area contributed by atoms with Gasteiger partial charge < -0.3 is 4.57 Å². The highest BCUT2D eigenvalue weighted by Crippen LogP contribution is 2.30. The Balaban J connectivity index is 2.13. The number of aryl methyl sites for hydroxylation is 1. The van der Waals surface area contributed by atoms with Crippen LogP contribution in [-0.4, -0.2) is 4.57 Å². The summed E-state index contributed by atoms with van der Waals surface area (Å²) < 4.78 is 2.32. The Bertz CT molecular complexity index is 901. The molecular formula is C19H15N. The molecule has 4 aromatic rings. The Morgan fingerprint density at radius 1 is 0.700 bits per heavy atom. The van der Waals surface area contributed by atoms with Gasteiger partial charge in [0.15, 0.2) is 0 Å². The summed E-state index contributed by atoms with van der Waals surface area (Å²) in [5.74, 6) is 0. The summed E-state index contributed by atoms with van der Waals surface area (Å²) >= 11 is 0. The van der Waals surface area contributed by atoms with Crippen molar-refractivity contribution in [2.24, 2.45) is 0 Å². The first-order chi connectivity index (χ1) is 9.84. The fourth-order valence-corrected chi connectivity index (χ4v) is 3.01. The van der Waals surface area contributed by atoms with E-state index in [1.54, 1.807) is 0 Å². The fourth-order valence-electron chi connectivity index (χ4n) is 3.01. The van der Waals surface area contributed by atoms with Crippen molar-refractivity contribution in [2.75, 3.05) is 0 Å². The second kappa shape index (κ2) is 4.24. The molecule has 1 heterocycles. The number of benzene rings is 3. The molecule has 0 atom stereocenters. The van der Waals surface area contributed by atoms with Crippen LogP contribution in [-0.2, 0) is 0 Å². The van der Waals surface area contributed by atoms with Gasteiger partial charge in [-0.1, -0.05) is 48.5 Å². The van der Waals surface area contributed by atoms with Gasteiger partial charge in [-0.05, 0) is 42.0 Å². The van der Waals surface area contributed by atoms with E-state index in [2.05, 4.69) is 84.3 Å². The van der Waals surface area contributed by atoms with Crippen LogP contribution in [0.2, 0.25) is 0 Å². The zero-order valence-corrected chi connectivity index (χ0v) is 11.4. The number of rotatable bonds is 1. The average molecular weight is 257 g/mol. The second-order valence-electron chi connectivity index (χ2n) is 5.18. The Morgan fingerprint density at radius 3 is 2.30 bits per heavy atom. The van der Waals surface area contributed by atoms with Gasteiger partial charge in [0, 0.05) is 16.8 Å². The summed E-state index contributed by atoms with van der Waals surface area (Å²) in [6.45, 7) is 2.17. The molecule has 3 aromatic carbocycles.